The molecule has 0 N–H and O–H groups in total. The molecule has 118 valence electrons. The standard InChI is InChI=1S/C8H26O6Si6/c1-7-19(9-3)11-15(5)17(13-19)18-14-20(8-2,10-4)12-16(18)6/h15-18H,7-8H2,1-6H3. The van der Waals surface area contributed by atoms with Crippen molar-refractivity contribution in [3.05, 3.63) is 0 Å². The van der Waals surface area contributed by atoms with E-state index in [1.165, 1.54) is 0 Å². The SMILES string of the molecule is CC[Si]1(OC)O[SiH](C)[SiH]([SiH]2O[Si](CC)(OC)O[SiH]2C)O1. The Labute approximate surface area is 129 Å². The van der Waals surface area contributed by atoms with Crippen molar-refractivity contribution < 1.29 is 25.3 Å². The van der Waals surface area contributed by atoms with Gasteiger partial charge in [0, 0.05) is 26.3 Å². The minimum atomic E-state index is -2.35. The molecule has 2 saturated heterocycles. The third kappa shape index (κ3) is 3.06. The molecule has 20 heavy (non-hydrogen) atoms. The van der Waals surface area contributed by atoms with E-state index in [4.69, 9.17) is 25.3 Å². The van der Waals surface area contributed by atoms with Gasteiger partial charge in [-0.25, -0.2) is 0 Å². The van der Waals surface area contributed by atoms with Crippen molar-refractivity contribution in [3.63, 3.8) is 0 Å². The first-order valence-corrected chi connectivity index (χ1v) is 23.3. The van der Waals surface area contributed by atoms with Gasteiger partial charge in [0.2, 0.25) is 0 Å². The quantitative estimate of drug-likeness (QED) is 0.604. The minimum Gasteiger partial charge on any atom is -0.419 e. The first kappa shape index (κ1) is 17.4. The van der Waals surface area contributed by atoms with Gasteiger partial charge in [0.15, 0.2) is 33.3 Å². The highest BCUT2D eigenvalue weighted by Crippen LogP contribution is 2.32. The zero-order valence-corrected chi connectivity index (χ0v) is 19.8. The molecule has 6 atom stereocenters. The number of hydrogen-bond donors (Lipinski definition) is 0. The highest BCUT2D eigenvalue weighted by Gasteiger charge is 2.61. The maximum Gasteiger partial charge on any atom is 0.478 e. The van der Waals surface area contributed by atoms with Crippen LogP contribution in [0.5, 0.6) is 0 Å². The van der Waals surface area contributed by atoms with Crippen LogP contribution in [0.2, 0.25) is 25.2 Å². The molecule has 12 heteroatoms. The molecule has 0 spiro atoms. The Morgan fingerprint density at radius 3 is 1.30 bits per heavy atom. The van der Waals surface area contributed by atoms with Crippen LogP contribution in [0.4, 0.5) is 0 Å². The Balaban J connectivity index is 2.13. The molecule has 6 unspecified atom stereocenters. The zero-order chi connectivity index (χ0) is 15.0. The molecular formula is C8H26O6Si6. The van der Waals surface area contributed by atoms with Crippen LogP contribution in [0.25, 0.3) is 0 Å². The Bertz CT molecular complexity index is 307. The predicted molar refractivity (Wildman–Crippen MR) is 91.2 cm³/mol. The van der Waals surface area contributed by atoms with Crippen molar-refractivity contribution in [2.45, 2.75) is 39.0 Å². The molecule has 0 aromatic carbocycles. The van der Waals surface area contributed by atoms with Crippen molar-refractivity contribution in [2.24, 2.45) is 0 Å². The fourth-order valence-electron chi connectivity index (χ4n) is 2.85. The van der Waals surface area contributed by atoms with Gasteiger partial charge >= 0.3 is 17.6 Å². The van der Waals surface area contributed by atoms with E-state index in [-0.39, 0.29) is 0 Å². The topological polar surface area (TPSA) is 55.4 Å². The molecule has 2 aliphatic rings. The second-order valence-electron chi connectivity index (χ2n) is 5.29. The van der Waals surface area contributed by atoms with Gasteiger partial charge in [-0.3, -0.25) is 0 Å². The maximum absolute atomic E-state index is 6.45. The van der Waals surface area contributed by atoms with E-state index in [1.807, 2.05) is 0 Å². The molecule has 0 aromatic rings. The smallest absolute Gasteiger partial charge is 0.419 e. The summed E-state index contributed by atoms with van der Waals surface area (Å²) in [5.41, 5.74) is 0. The van der Waals surface area contributed by atoms with E-state index < -0.39 is 50.9 Å². The Morgan fingerprint density at radius 2 is 1.10 bits per heavy atom. The molecule has 2 rings (SSSR count). The lowest BCUT2D eigenvalue weighted by Crippen LogP contribution is -2.54. The van der Waals surface area contributed by atoms with E-state index in [0.29, 0.717) is 0 Å². The normalized spacial score (nSPS) is 48.9. The fraction of sp³-hybridized carbons (Fsp3) is 1.00. The molecule has 0 bridgehead atoms. The van der Waals surface area contributed by atoms with E-state index in [0.717, 1.165) is 12.1 Å². The van der Waals surface area contributed by atoms with Crippen molar-refractivity contribution in [1.29, 1.82) is 0 Å². The summed E-state index contributed by atoms with van der Waals surface area (Å²) < 4.78 is 36.7. The van der Waals surface area contributed by atoms with Crippen molar-refractivity contribution in [3.8, 4) is 0 Å². The van der Waals surface area contributed by atoms with Crippen LogP contribution in [-0.4, -0.2) is 65.1 Å². The second-order valence-corrected chi connectivity index (χ2v) is 36.8. The molecular weight excluding hydrogens is 361 g/mol. The molecule has 2 fully saturated rings. The van der Waals surface area contributed by atoms with Crippen LogP contribution in [-0.2, 0) is 25.3 Å². The lowest BCUT2D eigenvalue weighted by atomic mass is 11.0. The molecule has 2 aliphatic heterocycles. The number of rotatable bonds is 5. The largest absolute Gasteiger partial charge is 0.478 e. The van der Waals surface area contributed by atoms with Crippen LogP contribution < -0.4 is 0 Å². The average molecular weight is 387 g/mol. The molecule has 0 radical (unpaired) electrons. The zero-order valence-electron chi connectivity index (χ0n) is 13.2. The highest BCUT2D eigenvalue weighted by molar-refractivity contribution is 7.63. The predicted octanol–water partition coefficient (Wildman–Crippen LogP) is -0.320. The van der Waals surface area contributed by atoms with E-state index in [9.17, 15) is 0 Å². The van der Waals surface area contributed by atoms with Gasteiger partial charge in [0.25, 0.3) is 0 Å². The summed E-state index contributed by atoms with van der Waals surface area (Å²) >= 11 is 0. The average Bonchev–Trinajstić information content (AvgIpc) is 2.97. The first-order chi connectivity index (χ1) is 9.44. The molecule has 6 nitrogen and oxygen atoms in total. The molecule has 0 aromatic heterocycles. The van der Waals surface area contributed by atoms with Crippen molar-refractivity contribution >= 4 is 50.9 Å². The summed E-state index contributed by atoms with van der Waals surface area (Å²) in [5.74, 6) is 0. The van der Waals surface area contributed by atoms with Gasteiger partial charge in [-0.2, -0.15) is 0 Å². The summed E-state index contributed by atoms with van der Waals surface area (Å²) in [6.45, 7) is 8.72. The highest BCUT2D eigenvalue weighted by atomic mass is 29.8. The monoisotopic (exact) mass is 386 g/mol. The Hall–Kier alpha value is 1.06. The van der Waals surface area contributed by atoms with Crippen LogP contribution in [0, 0.1) is 0 Å². The van der Waals surface area contributed by atoms with E-state index in [2.05, 4.69) is 26.9 Å². The van der Waals surface area contributed by atoms with Crippen LogP contribution in [0.15, 0.2) is 0 Å². The third-order valence-electron chi connectivity index (χ3n) is 4.10. The van der Waals surface area contributed by atoms with Crippen LogP contribution in [0.1, 0.15) is 13.8 Å². The summed E-state index contributed by atoms with van der Waals surface area (Å²) in [6, 6.07) is 1.73. The van der Waals surface area contributed by atoms with Gasteiger partial charge in [-0.1, -0.05) is 13.8 Å². The third-order valence-corrected chi connectivity index (χ3v) is 55.9. The molecule has 0 amide bonds. The van der Waals surface area contributed by atoms with E-state index >= 15 is 0 Å². The maximum atomic E-state index is 6.45. The second kappa shape index (κ2) is 6.67. The lowest BCUT2D eigenvalue weighted by Gasteiger charge is -2.24. The summed E-state index contributed by atoms with van der Waals surface area (Å²) in [6.07, 6.45) is 0. The van der Waals surface area contributed by atoms with Gasteiger partial charge in [0.1, 0.15) is 0 Å². The number of hydrogen-bond acceptors (Lipinski definition) is 6. The van der Waals surface area contributed by atoms with Gasteiger partial charge in [-0.05, 0) is 13.1 Å². The summed E-state index contributed by atoms with van der Waals surface area (Å²) in [5, 5.41) is 0. The van der Waals surface area contributed by atoms with Crippen LogP contribution >= 0.6 is 0 Å². The van der Waals surface area contributed by atoms with Crippen molar-refractivity contribution in [1.82, 2.24) is 0 Å². The van der Waals surface area contributed by atoms with Gasteiger partial charge in [0.05, 0.1) is 0 Å². The summed E-state index contributed by atoms with van der Waals surface area (Å²) in [4.78, 5) is 0. The Kier molecular flexibility index (Phi) is 5.81. The minimum absolute atomic E-state index is 0.864. The van der Waals surface area contributed by atoms with Gasteiger partial charge in [-0.15, -0.1) is 0 Å². The van der Waals surface area contributed by atoms with E-state index in [1.54, 1.807) is 14.2 Å². The van der Waals surface area contributed by atoms with Crippen LogP contribution in [0.3, 0.4) is 0 Å². The molecule has 2 heterocycles. The fourth-order valence-corrected chi connectivity index (χ4v) is 79.3. The molecule has 0 saturated carbocycles. The summed E-state index contributed by atoms with van der Waals surface area (Å²) in [7, 11) is -6.61. The Morgan fingerprint density at radius 1 is 0.750 bits per heavy atom. The first-order valence-electron chi connectivity index (χ1n) is 7.26. The lowest BCUT2D eigenvalue weighted by molar-refractivity contribution is 0.223. The van der Waals surface area contributed by atoms with Crippen molar-refractivity contribution in [2.75, 3.05) is 14.2 Å². The van der Waals surface area contributed by atoms with Gasteiger partial charge < -0.3 is 25.3 Å². The molecule has 0 aliphatic carbocycles.